The van der Waals surface area contributed by atoms with Gasteiger partial charge in [0.1, 0.15) is 5.82 Å². The molecule has 2 aromatic carbocycles. The maximum absolute atomic E-state index is 13.1. The van der Waals surface area contributed by atoms with E-state index < -0.39 is 0 Å². The van der Waals surface area contributed by atoms with Crippen LogP contribution < -0.4 is 4.90 Å². The molecule has 0 radical (unpaired) electrons. The average molecular weight is 444 g/mol. The molecule has 0 atom stereocenters. The van der Waals surface area contributed by atoms with Crippen molar-refractivity contribution in [3.8, 4) is 0 Å². The number of fused-ring (bicyclic) bond motifs is 1. The molecule has 0 aliphatic carbocycles. The van der Waals surface area contributed by atoms with Crippen molar-refractivity contribution in [2.45, 2.75) is 38.0 Å². The fraction of sp³-hybridized carbons (Fsp3) is 0.357. The molecule has 4 nitrogen and oxygen atoms in total. The smallest absolute Gasteiger partial charge is 0.253 e. The number of aromatic nitrogens is 1. The van der Waals surface area contributed by atoms with Crippen molar-refractivity contribution in [3.63, 3.8) is 0 Å². The molecule has 170 valence electrons. The third-order valence-electron chi connectivity index (χ3n) is 7.05. The third-order valence-corrected chi connectivity index (χ3v) is 7.05. The Kier molecular flexibility index (Phi) is 6.12. The Hall–Kier alpha value is -3.21. The molecule has 1 amide bonds. The number of piperidine rings is 1. The van der Waals surface area contributed by atoms with Crippen molar-refractivity contribution < 1.29 is 9.18 Å². The summed E-state index contributed by atoms with van der Waals surface area (Å²) in [6.45, 7) is 2.61. The zero-order chi connectivity index (χ0) is 22.8. The molecular weight excluding hydrogens is 413 g/mol. The van der Waals surface area contributed by atoms with E-state index in [1.165, 1.54) is 23.4 Å². The monoisotopic (exact) mass is 443 g/mol. The van der Waals surface area contributed by atoms with Crippen molar-refractivity contribution in [1.29, 1.82) is 0 Å². The summed E-state index contributed by atoms with van der Waals surface area (Å²) in [6.07, 6.45) is 6.73. The number of rotatable bonds is 4. The van der Waals surface area contributed by atoms with Gasteiger partial charge in [-0.25, -0.2) is 4.39 Å². The van der Waals surface area contributed by atoms with E-state index in [9.17, 15) is 9.18 Å². The number of nitrogens with zero attached hydrogens (tertiary/aromatic N) is 3. The molecule has 1 aromatic heterocycles. The van der Waals surface area contributed by atoms with Crippen molar-refractivity contribution in [2.24, 2.45) is 0 Å². The first-order chi connectivity index (χ1) is 16.1. The molecule has 5 heteroatoms. The number of carbonyl (C=O) groups excluding carboxylic acids is 1. The largest absolute Gasteiger partial charge is 0.374 e. The van der Waals surface area contributed by atoms with Gasteiger partial charge in [-0.3, -0.25) is 9.78 Å². The Balaban J connectivity index is 1.18. The molecule has 1 fully saturated rings. The van der Waals surface area contributed by atoms with Gasteiger partial charge in [-0.1, -0.05) is 18.2 Å². The Morgan fingerprint density at radius 2 is 1.76 bits per heavy atom. The van der Waals surface area contributed by atoms with Gasteiger partial charge in [0.15, 0.2) is 0 Å². The van der Waals surface area contributed by atoms with Crippen LogP contribution in [0.3, 0.4) is 0 Å². The summed E-state index contributed by atoms with van der Waals surface area (Å²) < 4.78 is 13.1. The summed E-state index contributed by atoms with van der Waals surface area (Å²) in [7, 11) is 2.12. The highest BCUT2D eigenvalue weighted by atomic mass is 19.1. The van der Waals surface area contributed by atoms with E-state index in [2.05, 4.69) is 36.2 Å². The van der Waals surface area contributed by atoms with E-state index >= 15 is 0 Å². The molecule has 2 aliphatic rings. The van der Waals surface area contributed by atoms with Crippen LogP contribution in [0.25, 0.3) is 0 Å². The molecule has 0 unspecified atom stereocenters. The summed E-state index contributed by atoms with van der Waals surface area (Å²) in [5.74, 6) is 0.314. The van der Waals surface area contributed by atoms with E-state index in [1.54, 1.807) is 0 Å². The minimum Gasteiger partial charge on any atom is -0.374 e. The first-order valence-corrected chi connectivity index (χ1v) is 11.9. The van der Waals surface area contributed by atoms with Crippen molar-refractivity contribution in [3.05, 3.63) is 94.6 Å². The number of aryl methyl sites for hydroxylation is 1. The molecule has 33 heavy (non-hydrogen) atoms. The molecule has 0 bridgehead atoms. The Morgan fingerprint density at radius 1 is 1.00 bits per heavy atom. The van der Waals surface area contributed by atoms with Crippen LogP contribution >= 0.6 is 0 Å². The van der Waals surface area contributed by atoms with Crippen LogP contribution in [-0.4, -0.2) is 42.5 Å². The maximum Gasteiger partial charge on any atom is 0.253 e. The fourth-order valence-corrected chi connectivity index (χ4v) is 5.10. The number of hydrogen-bond donors (Lipinski definition) is 0. The molecular formula is C28H30FN3O. The summed E-state index contributed by atoms with van der Waals surface area (Å²) in [5.41, 5.74) is 6.65. The highest BCUT2D eigenvalue weighted by molar-refractivity contribution is 5.95. The molecule has 5 rings (SSSR count). The lowest BCUT2D eigenvalue weighted by Gasteiger charge is -2.32. The quantitative estimate of drug-likeness (QED) is 0.555. The van der Waals surface area contributed by atoms with Crippen LogP contribution in [0.5, 0.6) is 0 Å². The van der Waals surface area contributed by atoms with Crippen molar-refractivity contribution in [1.82, 2.24) is 9.88 Å². The molecule has 0 saturated carbocycles. The van der Waals surface area contributed by atoms with Crippen LogP contribution in [0.4, 0.5) is 10.1 Å². The highest BCUT2D eigenvalue weighted by Gasteiger charge is 2.26. The molecule has 3 heterocycles. The van der Waals surface area contributed by atoms with E-state index in [4.69, 9.17) is 4.98 Å². The second-order valence-electron chi connectivity index (χ2n) is 9.33. The van der Waals surface area contributed by atoms with E-state index in [1.807, 2.05) is 29.3 Å². The normalized spacial score (nSPS) is 16.5. The van der Waals surface area contributed by atoms with Gasteiger partial charge in [0.25, 0.3) is 5.91 Å². The van der Waals surface area contributed by atoms with Gasteiger partial charge in [-0.15, -0.1) is 0 Å². The third kappa shape index (κ3) is 4.77. The topological polar surface area (TPSA) is 36.4 Å². The van der Waals surface area contributed by atoms with Crippen LogP contribution in [-0.2, 0) is 12.8 Å². The zero-order valence-electron chi connectivity index (χ0n) is 19.1. The predicted octanol–water partition coefficient (Wildman–Crippen LogP) is 5.21. The number of benzene rings is 2. The SMILES string of the molecule is CN1CCCc2cc(C(=O)N3CCC(c4ccc(Cc5ccc(F)cc5)cn4)CC3)ccc21. The van der Waals surface area contributed by atoms with E-state index in [0.717, 1.165) is 74.1 Å². The van der Waals surface area contributed by atoms with Gasteiger partial charge < -0.3 is 9.80 Å². The van der Waals surface area contributed by atoms with Gasteiger partial charge >= 0.3 is 0 Å². The summed E-state index contributed by atoms with van der Waals surface area (Å²) in [6, 6.07) is 17.0. The number of likely N-dealkylation sites (tertiary alicyclic amines) is 1. The zero-order valence-corrected chi connectivity index (χ0v) is 19.1. The number of carbonyl (C=O) groups is 1. The average Bonchev–Trinajstić information content (AvgIpc) is 2.85. The first-order valence-electron chi connectivity index (χ1n) is 11.9. The Bertz CT molecular complexity index is 1120. The minimum atomic E-state index is -0.212. The lowest BCUT2D eigenvalue weighted by Crippen LogP contribution is -2.38. The maximum atomic E-state index is 13.1. The summed E-state index contributed by atoms with van der Waals surface area (Å²) in [4.78, 5) is 22.1. The number of amides is 1. The van der Waals surface area contributed by atoms with Gasteiger partial charge in [0.2, 0.25) is 0 Å². The molecule has 1 saturated heterocycles. The second kappa shape index (κ2) is 9.34. The lowest BCUT2D eigenvalue weighted by atomic mass is 9.92. The lowest BCUT2D eigenvalue weighted by molar-refractivity contribution is 0.0712. The first kappa shape index (κ1) is 21.6. The van der Waals surface area contributed by atoms with Crippen LogP contribution in [0.2, 0.25) is 0 Å². The van der Waals surface area contributed by atoms with Gasteiger partial charge in [-0.05, 0) is 85.2 Å². The van der Waals surface area contributed by atoms with E-state index in [-0.39, 0.29) is 11.7 Å². The van der Waals surface area contributed by atoms with Gasteiger partial charge in [0.05, 0.1) is 0 Å². The van der Waals surface area contributed by atoms with Gasteiger partial charge in [-0.2, -0.15) is 0 Å². The molecule has 2 aliphatic heterocycles. The van der Waals surface area contributed by atoms with Gasteiger partial charge in [0, 0.05) is 55.7 Å². The van der Waals surface area contributed by atoms with Crippen molar-refractivity contribution in [2.75, 3.05) is 31.6 Å². The minimum absolute atomic E-state index is 0.145. The van der Waals surface area contributed by atoms with Crippen LogP contribution in [0, 0.1) is 5.82 Å². The predicted molar refractivity (Wildman–Crippen MR) is 129 cm³/mol. The molecule has 0 spiro atoms. The number of pyridine rings is 1. The fourth-order valence-electron chi connectivity index (χ4n) is 5.10. The number of halogens is 1. The molecule has 3 aromatic rings. The van der Waals surface area contributed by atoms with Crippen LogP contribution in [0.1, 0.15) is 57.9 Å². The van der Waals surface area contributed by atoms with Crippen LogP contribution in [0.15, 0.2) is 60.8 Å². The Morgan fingerprint density at radius 3 is 2.48 bits per heavy atom. The summed E-state index contributed by atoms with van der Waals surface area (Å²) >= 11 is 0. The summed E-state index contributed by atoms with van der Waals surface area (Å²) in [5, 5.41) is 0. The number of anilines is 1. The second-order valence-corrected chi connectivity index (χ2v) is 9.33. The highest BCUT2D eigenvalue weighted by Crippen LogP contribution is 2.30. The number of hydrogen-bond acceptors (Lipinski definition) is 3. The Labute approximate surface area is 195 Å². The molecule has 0 N–H and O–H groups in total. The standard InChI is InChI=1S/C28H30FN3O/c1-31-14-2-3-23-18-24(7-11-27(23)31)28(33)32-15-12-22(13-16-32)26-10-6-21(19-30-26)17-20-4-8-25(29)9-5-20/h4-11,18-19,22H,2-3,12-17H2,1H3. The van der Waals surface area contributed by atoms with E-state index in [0.29, 0.717) is 5.92 Å². The van der Waals surface area contributed by atoms with Crippen molar-refractivity contribution >= 4 is 11.6 Å².